The number of carboxylic acid groups (broad SMARTS) is 1. The maximum Gasteiger partial charge on any atom is 0.317 e. The maximum atomic E-state index is 10.9. The summed E-state index contributed by atoms with van der Waals surface area (Å²) in [6.07, 6.45) is 4.19. The third-order valence-corrected chi connectivity index (χ3v) is 6.74. The van der Waals surface area contributed by atoms with Crippen molar-refractivity contribution in [2.45, 2.75) is 32.3 Å². The number of carboxylic acids is 1. The molecule has 148 valence electrons. The van der Waals surface area contributed by atoms with Crippen LogP contribution in [0.1, 0.15) is 29.5 Å². The summed E-state index contributed by atoms with van der Waals surface area (Å²) >= 11 is 12.5. The number of ether oxygens (including phenoxy) is 1. The predicted octanol–water partition coefficient (Wildman–Crippen LogP) is 4.84. The molecular formula is C22H23Cl2NO3. The van der Waals surface area contributed by atoms with E-state index in [1.54, 1.807) is 0 Å². The highest BCUT2D eigenvalue weighted by Crippen LogP contribution is 2.45. The lowest BCUT2D eigenvalue weighted by Gasteiger charge is -2.38. The van der Waals surface area contributed by atoms with E-state index in [-0.39, 0.29) is 12.0 Å². The number of hydrogen-bond donors (Lipinski definition) is 1. The quantitative estimate of drug-likeness (QED) is 0.752. The molecule has 1 aliphatic heterocycles. The van der Waals surface area contributed by atoms with E-state index in [2.05, 4.69) is 12.1 Å². The summed E-state index contributed by atoms with van der Waals surface area (Å²) in [5, 5.41) is 10.2. The van der Waals surface area contributed by atoms with E-state index >= 15 is 0 Å². The Morgan fingerprint density at radius 1 is 1.07 bits per heavy atom. The molecule has 1 heterocycles. The van der Waals surface area contributed by atoms with E-state index in [1.807, 2.05) is 29.2 Å². The van der Waals surface area contributed by atoms with E-state index in [4.69, 9.17) is 33.0 Å². The molecule has 0 unspecified atom stereocenters. The number of halogens is 2. The second kappa shape index (κ2) is 7.94. The fraction of sp³-hybridized carbons (Fsp3) is 0.409. The molecule has 0 atom stereocenters. The third-order valence-electron chi connectivity index (χ3n) is 6.03. The van der Waals surface area contributed by atoms with Gasteiger partial charge in [-0.1, -0.05) is 35.3 Å². The highest BCUT2D eigenvalue weighted by molar-refractivity contribution is 6.35. The van der Waals surface area contributed by atoms with Gasteiger partial charge in [0.2, 0.25) is 0 Å². The number of nitrogens with zero attached hydrogens (tertiary/aromatic N) is 1. The number of aliphatic carboxylic acids is 1. The van der Waals surface area contributed by atoms with Crippen LogP contribution in [0.4, 0.5) is 0 Å². The molecule has 2 aliphatic rings. The lowest BCUT2D eigenvalue weighted by Crippen LogP contribution is -2.42. The second-order valence-corrected chi connectivity index (χ2v) is 8.76. The third kappa shape index (κ3) is 4.14. The number of piperidine rings is 1. The summed E-state index contributed by atoms with van der Waals surface area (Å²) in [6.45, 7) is 2.20. The molecule has 0 amide bonds. The van der Waals surface area contributed by atoms with Crippen molar-refractivity contribution in [1.29, 1.82) is 0 Å². The second-order valence-electron chi connectivity index (χ2n) is 7.94. The lowest BCUT2D eigenvalue weighted by molar-refractivity contribution is -0.138. The molecule has 1 aliphatic carbocycles. The Balaban J connectivity index is 1.40. The van der Waals surface area contributed by atoms with Crippen molar-refractivity contribution < 1.29 is 14.6 Å². The molecule has 0 bridgehead atoms. The summed E-state index contributed by atoms with van der Waals surface area (Å²) in [4.78, 5) is 13.0. The molecule has 6 heteroatoms. The van der Waals surface area contributed by atoms with E-state index < -0.39 is 5.97 Å². The van der Waals surface area contributed by atoms with Crippen molar-refractivity contribution in [3.8, 4) is 5.75 Å². The fourth-order valence-electron chi connectivity index (χ4n) is 4.46. The van der Waals surface area contributed by atoms with E-state index in [9.17, 15) is 4.79 Å². The Morgan fingerprint density at radius 3 is 2.43 bits per heavy atom. The van der Waals surface area contributed by atoms with Gasteiger partial charge in [0, 0.05) is 15.6 Å². The predicted molar refractivity (Wildman–Crippen MR) is 110 cm³/mol. The van der Waals surface area contributed by atoms with Gasteiger partial charge in [0.25, 0.3) is 0 Å². The Bertz CT molecular complexity index is 871. The molecule has 2 aromatic rings. The average molecular weight is 420 g/mol. The van der Waals surface area contributed by atoms with Crippen LogP contribution >= 0.6 is 23.2 Å². The smallest absolute Gasteiger partial charge is 0.317 e. The maximum absolute atomic E-state index is 10.9. The number of fused-ring (bicyclic) bond motifs is 1. The SMILES string of the molecule is O=C(O)CN1CCC2(CC1)Cc1ccc(OCc3c(Cl)cccc3Cl)cc1C2. The van der Waals surface area contributed by atoms with Crippen LogP contribution in [-0.2, 0) is 24.2 Å². The number of hydrogen-bond acceptors (Lipinski definition) is 3. The number of carbonyl (C=O) groups is 1. The van der Waals surface area contributed by atoms with Crippen LogP contribution in [0.15, 0.2) is 36.4 Å². The summed E-state index contributed by atoms with van der Waals surface area (Å²) in [6, 6.07) is 11.8. The monoisotopic (exact) mass is 419 g/mol. The topological polar surface area (TPSA) is 49.8 Å². The molecule has 2 aromatic carbocycles. The lowest BCUT2D eigenvalue weighted by atomic mass is 9.76. The largest absolute Gasteiger partial charge is 0.489 e. The highest BCUT2D eigenvalue weighted by atomic mass is 35.5. The molecule has 1 saturated heterocycles. The van der Waals surface area contributed by atoms with Crippen molar-refractivity contribution in [3.05, 3.63) is 63.1 Å². The van der Waals surface area contributed by atoms with Crippen molar-refractivity contribution in [2.24, 2.45) is 5.41 Å². The van der Waals surface area contributed by atoms with Crippen molar-refractivity contribution in [3.63, 3.8) is 0 Å². The number of benzene rings is 2. The standard InChI is InChI=1S/C22H23Cl2NO3/c23-19-2-1-3-20(24)18(19)14-28-17-5-4-15-11-22(12-16(15)10-17)6-8-25(9-7-22)13-21(26)27/h1-5,10H,6-9,11-14H2,(H,26,27). The molecule has 1 fully saturated rings. The summed E-state index contributed by atoms with van der Waals surface area (Å²) in [5.41, 5.74) is 3.79. The van der Waals surface area contributed by atoms with Gasteiger partial charge in [-0.3, -0.25) is 9.69 Å². The molecule has 4 rings (SSSR count). The van der Waals surface area contributed by atoms with E-state index in [1.165, 1.54) is 11.1 Å². The van der Waals surface area contributed by atoms with Gasteiger partial charge in [-0.2, -0.15) is 0 Å². The van der Waals surface area contributed by atoms with Crippen LogP contribution < -0.4 is 4.74 Å². The molecule has 0 aromatic heterocycles. The van der Waals surface area contributed by atoms with Gasteiger partial charge in [0.05, 0.1) is 6.54 Å². The molecule has 28 heavy (non-hydrogen) atoms. The zero-order chi connectivity index (χ0) is 19.7. The van der Waals surface area contributed by atoms with Crippen LogP contribution in [0.3, 0.4) is 0 Å². The molecule has 4 nitrogen and oxygen atoms in total. The van der Waals surface area contributed by atoms with Gasteiger partial charge in [0.1, 0.15) is 12.4 Å². The van der Waals surface area contributed by atoms with Crippen molar-refractivity contribution in [2.75, 3.05) is 19.6 Å². The minimum atomic E-state index is -0.744. The van der Waals surface area contributed by atoms with Gasteiger partial charge in [-0.05, 0) is 79.6 Å². The summed E-state index contributed by atoms with van der Waals surface area (Å²) in [7, 11) is 0. The number of likely N-dealkylation sites (tertiary alicyclic amines) is 1. The van der Waals surface area contributed by atoms with Gasteiger partial charge in [-0.15, -0.1) is 0 Å². The van der Waals surface area contributed by atoms with Crippen molar-refractivity contribution >= 4 is 29.2 Å². The van der Waals surface area contributed by atoms with E-state index in [0.717, 1.165) is 50.1 Å². The van der Waals surface area contributed by atoms with Crippen LogP contribution in [0.5, 0.6) is 5.75 Å². The van der Waals surface area contributed by atoms with Crippen molar-refractivity contribution in [1.82, 2.24) is 4.90 Å². The fourth-order valence-corrected chi connectivity index (χ4v) is 4.96. The summed E-state index contributed by atoms with van der Waals surface area (Å²) < 4.78 is 5.97. The minimum absolute atomic E-state index is 0.144. The van der Waals surface area contributed by atoms with E-state index in [0.29, 0.717) is 16.7 Å². The van der Waals surface area contributed by atoms with Crippen LogP contribution in [-0.4, -0.2) is 35.6 Å². The van der Waals surface area contributed by atoms with Crippen LogP contribution in [0.2, 0.25) is 10.0 Å². The first-order valence-corrected chi connectivity index (χ1v) is 10.3. The number of rotatable bonds is 5. The molecule has 0 radical (unpaired) electrons. The van der Waals surface area contributed by atoms with Gasteiger partial charge >= 0.3 is 5.97 Å². The molecule has 1 N–H and O–H groups in total. The Hall–Kier alpha value is -1.75. The Morgan fingerprint density at radius 2 is 1.75 bits per heavy atom. The normalized spacial score (nSPS) is 18.2. The molecular weight excluding hydrogens is 397 g/mol. The molecule has 1 spiro atoms. The van der Waals surface area contributed by atoms with Crippen LogP contribution in [0, 0.1) is 5.41 Å². The minimum Gasteiger partial charge on any atom is -0.489 e. The van der Waals surface area contributed by atoms with Gasteiger partial charge < -0.3 is 9.84 Å². The summed E-state index contributed by atoms with van der Waals surface area (Å²) in [5.74, 6) is 0.0844. The first-order chi connectivity index (χ1) is 13.4. The zero-order valence-electron chi connectivity index (χ0n) is 15.6. The zero-order valence-corrected chi connectivity index (χ0v) is 17.1. The Labute approximate surface area is 175 Å². The van der Waals surface area contributed by atoms with Gasteiger partial charge in [-0.25, -0.2) is 0 Å². The first-order valence-electron chi connectivity index (χ1n) is 9.56. The first kappa shape index (κ1) is 19.6. The van der Waals surface area contributed by atoms with Crippen LogP contribution in [0.25, 0.3) is 0 Å². The molecule has 0 saturated carbocycles. The average Bonchev–Trinajstić information content (AvgIpc) is 3.00. The van der Waals surface area contributed by atoms with Gasteiger partial charge in [0.15, 0.2) is 0 Å². The highest BCUT2D eigenvalue weighted by Gasteiger charge is 2.40. The Kier molecular flexibility index (Phi) is 5.55.